The highest BCUT2D eigenvalue weighted by Gasteiger charge is 2.23. The largest absolute Gasteiger partial charge is 0.370 e. The maximum absolute atomic E-state index is 11.9. The van der Waals surface area contributed by atoms with Crippen molar-refractivity contribution in [3.63, 3.8) is 0 Å². The smallest absolute Gasteiger partial charge is 0.268 e. The minimum Gasteiger partial charge on any atom is -0.370 e. The average molecular weight is 346 g/mol. The Morgan fingerprint density at radius 1 is 1.44 bits per heavy atom. The molecule has 10 heteroatoms. The van der Waals surface area contributed by atoms with Gasteiger partial charge in [0.1, 0.15) is 6.33 Å². The van der Waals surface area contributed by atoms with Gasteiger partial charge in [0.2, 0.25) is 5.91 Å². The molecule has 1 amide bonds. The lowest BCUT2D eigenvalue weighted by atomic mass is 10.1. The summed E-state index contributed by atoms with van der Waals surface area (Å²) in [6.45, 7) is 2.97. The molecule has 1 aliphatic rings. The molecule has 0 saturated carbocycles. The molecule has 1 unspecified atom stereocenters. The Balaban J connectivity index is 1.38. The molecule has 25 heavy (non-hydrogen) atoms. The topological polar surface area (TPSA) is 111 Å². The summed E-state index contributed by atoms with van der Waals surface area (Å²) in [5.41, 5.74) is 0.732. The van der Waals surface area contributed by atoms with Crippen LogP contribution in [0.5, 0.6) is 0 Å². The number of anilines is 1. The summed E-state index contributed by atoms with van der Waals surface area (Å²) in [5.74, 6) is 0.425. The van der Waals surface area contributed by atoms with Gasteiger partial charge in [0.25, 0.3) is 5.56 Å². The number of nitrogens with zero attached hydrogens (tertiary/aromatic N) is 7. The van der Waals surface area contributed by atoms with E-state index in [4.69, 9.17) is 0 Å². The number of nitrogens with one attached hydrogen (secondary N) is 1. The lowest BCUT2D eigenvalue weighted by Crippen LogP contribution is -2.31. The van der Waals surface area contributed by atoms with Crippen molar-refractivity contribution in [2.24, 2.45) is 13.0 Å². The molecule has 1 aliphatic heterocycles. The average Bonchev–Trinajstić information content (AvgIpc) is 3.27. The highest BCUT2D eigenvalue weighted by Crippen LogP contribution is 2.21. The molecule has 0 spiro atoms. The summed E-state index contributed by atoms with van der Waals surface area (Å²) in [4.78, 5) is 25.7. The lowest BCUT2D eigenvalue weighted by Gasteiger charge is -2.18. The highest BCUT2D eigenvalue weighted by atomic mass is 16.1. The summed E-state index contributed by atoms with van der Waals surface area (Å²) in [7, 11) is 1.63. The third-order valence-electron chi connectivity index (χ3n) is 4.37. The third kappa shape index (κ3) is 4.61. The summed E-state index contributed by atoms with van der Waals surface area (Å²) < 4.78 is 2.92. The van der Waals surface area contributed by atoms with Crippen LogP contribution >= 0.6 is 0 Å². The number of amides is 1. The number of hydrogen-bond acceptors (Lipinski definition) is 7. The number of carbonyl (C=O) groups is 1. The number of hydrogen-bond donors (Lipinski definition) is 1. The SMILES string of the molecule is Cn1ncc(N2CCC(CNC(=O)CCCn3cnnn3)C2)cc1=O. The second-order valence-electron chi connectivity index (χ2n) is 6.26. The zero-order valence-electron chi connectivity index (χ0n) is 14.2. The minimum absolute atomic E-state index is 0.0433. The monoisotopic (exact) mass is 346 g/mol. The normalized spacial score (nSPS) is 17.0. The van der Waals surface area contributed by atoms with Crippen LogP contribution in [0.2, 0.25) is 0 Å². The zero-order chi connectivity index (χ0) is 17.6. The summed E-state index contributed by atoms with van der Waals surface area (Å²) in [6.07, 6.45) is 5.39. The molecule has 2 aromatic heterocycles. The fourth-order valence-electron chi connectivity index (χ4n) is 2.90. The molecule has 3 rings (SSSR count). The van der Waals surface area contributed by atoms with Crippen molar-refractivity contribution in [1.29, 1.82) is 0 Å². The van der Waals surface area contributed by atoms with Crippen molar-refractivity contribution in [2.75, 3.05) is 24.5 Å². The molecular weight excluding hydrogens is 324 g/mol. The van der Waals surface area contributed by atoms with Gasteiger partial charge >= 0.3 is 0 Å². The van der Waals surface area contributed by atoms with E-state index >= 15 is 0 Å². The van der Waals surface area contributed by atoms with Crippen molar-refractivity contribution in [2.45, 2.75) is 25.8 Å². The van der Waals surface area contributed by atoms with Crippen LogP contribution in [-0.2, 0) is 18.4 Å². The van der Waals surface area contributed by atoms with Crippen molar-refractivity contribution in [3.05, 3.63) is 28.9 Å². The molecule has 3 heterocycles. The zero-order valence-corrected chi connectivity index (χ0v) is 14.2. The molecule has 0 aromatic carbocycles. The van der Waals surface area contributed by atoms with Gasteiger partial charge in [-0.3, -0.25) is 9.59 Å². The first-order valence-corrected chi connectivity index (χ1v) is 8.37. The van der Waals surface area contributed by atoms with E-state index in [0.717, 1.165) is 25.2 Å². The number of aryl methyl sites for hydroxylation is 2. The number of tetrazole rings is 1. The molecule has 0 aliphatic carbocycles. The Kier molecular flexibility index (Phi) is 5.36. The Morgan fingerprint density at radius 2 is 2.32 bits per heavy atom. The van der Waals surface area contributed by atoms with Gasteiger partial charge in [-0.1, -0.05) is 0 Å². The van der Waals surface area contributed by atoms with E-state index in [1.807, 2.05) is 0 Å². The molecule has 10 nitrogen and oxygen atoms in total. The molecular formula is C15H22N8O2. The van der Waals surface area contributed by atoms with E-state index in [1.165, 1.54) is 11.0 Å². The Labute approximate surface area is 144 Å². The van der Waals surface area contributed by atoms with Gasteiger partial charge in [-0.2, -0.15) is 5.10 Å². The molecule has 1 saturated heterocycles. The van der Waals surface area contributed by atoms with E-state index in [-0.39, 0.29) is 11.5 Å². The van der Waals surface area contributed by atoms with Crippen molar-refractivity contribution in [3.8, 4) is 0 Å². The quantitative estimate of drug-likeness (QED) is 0.698. The van der Waals surface area contributed by atoms with E-state index < -0.39 is 0 Å². The Bertz CT molecular complexity index is 757. The molecule has 1 fully saturated rings. The summed E-state index contributed by atoms with van der Waals surface area (Å²) in [6, 6.07) is 1.60. The van der Waals surface area contributed by atoms with E-state index in [9.17, 15) is 9.59 Å². The number of aromatic nitrogens is 6. The van der Waals surface area contributed by atoms with Gasteiger partial charge in [-0.15, -0.1) is 5.10 Å². The predicted molar refractivity (Wildman–Crippen MR) is 89.9 cm³/mol. The molecule has 134 valence electrons. The van der Waals surface area contributed by atoms with Gasteiger partial charge in [-0.05, 0) is 29.2 Å². The van der Waals surface area contributed by atoms with Crippen LogP contribution in [0.15, 0.2) is 23.4 Å². The van der Waals surface area contributed by atoms with Crippen molar-refractivity contribution in [1.82, 2.24) is 35.3 Å². The van der Waals surface area contributed by atoms with Gasteiger partial charge in [-0.25, -0.2) is 9.36 Å². The van der Waals surface area contributed by atoms with Crippen LogP contribution in [0.3, 0.4) is 0 Å². The Morgan fingerprint density at radius 3 is 3.08 bits per heavy atom. The van der Waals surface area contributed by atoms with Crippen LogP contribution in [-0.4, -0.2) is 55.5 Å². The highest BCUT2D eigenvalue weighted by molar-refractivity contribution is 5.75. The van der Waals surface area contributed by atoms with Gasteiger partial charge in [0.15, 0.2) is 0 Å². The van der Waals surface area contributed by atoms with Gasteiger partial charge in [0.05, 0.1) is 11.9 Å². The van der Waals surface area contributed by atoms with Gasteiger partial charge < -0.3 is 10.2 Å². The van der Waals surface area contributed by atoms with Crippen molar-refractivity contribution >= 4 is 11.6 Å². The van der Waals surface area contributed by atoms with E-state index in [2.05, 4.69) is 30.8 Å². The van der Waals surface area contributed by atoms with Crippen LogP contribution < -0.4 is 15.8 Å². The second kappa shape index (κ2) is 7.86. The van der Waals surface area contributed by atoms with Crippen LogP contribution in [0.4, 0.5) is 5.69 Å². The van der Waals surface area contributed by atoms with E-state index in [0.29, 0.717) is 31.8 Å². The first-order chi connectivity index (χ1) is 12.1. The maximum atomic E-state index is 11.9. The van der Waals surface area contributed by atoms with Crippen LogP contribution in [0, 0.1) is 5.92 Å². The maximum Gasteiger partial charge on any atom is 0.268 e. The summed E-state index contributed by atoms with van der Waals surface area (Å²) in [5, 5.41) is 17.9. The van der Waals surface area contributed by atoms with Crippen LogP contribution in [0.1, 0.15) is 19.3 Å². The first kappa shape index (κ1) is 17.1. The first-order valence-electron chi connectivity index (χ1n) is 8.37. The third-order valence-corrected chi connectivity index (χ3v) is 4.37. The second-order valence-corrected chi connectivity index (χ2v) is 6.26. The Hall–Kier alpha value is -2.78. The fourth-order valence-corrected chi connectivity index (χ4v) is 2.90. The van der Waals surface area contributed by atoms with E-state index in [1.54, 1.807) is 24.0 Å². The van der Waals surface area contributed by atoms with Gasteiger partial charge in [0, 0.05) is 45.7 Å². The number of rotatable bonds is 7. The molecule has 0 bridgehead atoms. The minimum atomic E-state index is -0.114. The fraction of sp³-hybridized carbons (Fsp3) is 0.600. The molecule has 1 atom stereocenters. The lowest BCUT2D eigenvalue weighted by molar-refractivity contribution is -0.121. The molecule has 2 aromatic rings. The standard InChI is InChI=1S/C15H22N8O2/c1-21-15(25)7-13(9-18-21)22-6-4-12(10-22)8-16-14(24)3-2-5-23-11-17-19-20-23/h7,9,11-12H,2-6,8,10H2,1H3,(H,16,24). The summed E-state index contributed by atoms with van der Waals surface area (Å²) >= 11 is 0. The van der Waals surface area contributed by atoms with Crippen LogP contribution in [0.25, 0.3) is 0 Å². The molecule has 0 radical (unpaired) electrons. The molecule has 1 N–H and O–H groups in total. The van der Waals surface area contributed by atoms with Crippen molar-refractivity contribution < 1.29 is 4.79 Å². The predicted octanol–water partition coefficient (Wildman–Crippen LogP) is -0.810. The number of carbonyl (C=O) groups excluding carboxylic acids is 1.